The third-order valence-electron chi connectivity index (χ3n) is 4.75. The molecule has 0 bridgehead atoms. The first-order chi connectivity index (χ1) is 15.7. The maximum atomic E-state index is 12.0. The van der Waals surface area contributed by atoms with Crippen LogP contribution in [0.5, 0.6) is 0 Å². The van der Waals surface area contributed by atoms with Crippen molar-refractivity contribution in [2.24, 2.45) is 11.5 Å². The van der Waals surface area contributed by atoms with Crippen LogP contribution >= 0.6 is 22.9 Å². The lowest BCUT2D eigenvalue weighted by atomic mass is 10.1. The van der Waals surface area contributed by atoms with Crippen LogP contribution < -0.4 is 16.8 Å². The summed E-state index contributed by atoms with van der Waals surface area (Å²) in [7, 11) is 0. The molecule has 0 aliphatic carbocycles. The van der Waals surface area contributed by atoms with Crippen LogP contribution in [0.15, 0.2) is 30.3 Å². The van der Waals surface area contributed by atoms with Crippen molar-refractivity contribution in [2.45, 2.75) is 32.7 Å². The van der Waals surface area contributed by atoms with E-state index in [1.165, 1.54) is 11.3 Å². The molecule has 4 rings (SSSR count). The molecule has 0 saturated heterocycles. The Morgan fingerprint density at radius 1 is 1.18 bits per heavy atom. The summed E-state index contributed by atoms with van der Waals surface area (Å²) in [6.07, 6.45) is 0.920. The summed E-state index contributed by atoms with van der Waals surface area (Å²) in [6.45, 7) is 6.40. The number of anilines is 1. The number of aromatic nitrogens is 3. The van der Waals surface area contributed by atoms with Crippen molar-refractivity contribution in [1.29, 1.82) is 0 Å². The third-order valence-corrected chi connectivity index (χ3v) is 6.11. The van der Waals surface area contributed by atoms with Gasteiger partial charge in [0.05, 0.1) is 28.1 Å². The standard InChI is InChI=1S/C24H23ClN6OS/c1-4-11-28-21-20-13-5-6-15(29-14(13)7-8-17(20)33-22(21)23(26)32)16-12-18(25)31-19(30-16)9-10-24(2,3)27/h5-8,12,28H,4,11,27H2,1-3H3,(H2,26,32). The van der Waals surface area contributed by atoms with E-state index in [9.17, 15) is 4.79 Å². The molecule has 3 aromatic heterocycles. The molecule has 1 aromatic carbocycles. The van der Waals surface area contributed by atoms with Gasteiger partial charge >= 0.3 is 0 Å². The molecule has 0 saturated carbocycles. The molecular weight excluding hydrogens is 456 g/mol. The van der Waals surface area contributed by atoms with E-state index >= 15 is 0 Å². The fraction of sp³-hybridized carbons (Fsp3) is 0.250. The van der Waals surface area contributed by atoms with Gasteiger partial charge in [0.1, 0.15) is 10.0 Å². The van der Waals surface area contributed by atoms with Crippen molar-refractivity contribution in [3.63, 3.8) is 0 Å². The first-order valence-electron chi connectivity index (χ1n) is 10.4. The smallest absolute Gasteiger partial charge is 0.260 e. The van der Waals surface area contributed by atoms with Gasteiger partial charge in [0, 0.05) is 28.1 Å². The largest absolute Gasteiger partial charge is 0.383 e. The second kappa shape index (κ2) is 8.94. The van der Waals surface area contributed by atoms with Gasteiger partial charge in [0.15, 0.2) is 0 Å². The zero-order chi connectivity index (χ0) is 23.8. The van der Waals surface area contributed by atoms with Crippen molar-refractivity contribution in [2.75, 3.05) is 11.9 Å². The van der Waals surface area contributed by atoms with Gasteiger partial charge in [-0.3, -0.25) is 4.79 Å². The van der Waals surface area contributed by atoms with Crippen molar-refractivity contribution >= 4 is 55.5 Å². The summed E-state index contributed by atoms with van der Waals surface area (Å²) >= 11 is 7.60. The normalized spacial score (nSPS) is 11.4. The maximum absolute atomic E-state index is 12.0. The molecule has 0 aliphatic heterocycles. The van der Waals surface area contributed by atoms with Crippen LogP contribution in [-0.2, 0) is 0 Å². The molecule has 0 unspecified atom stereocenters. The van der Waals surface area contributed by atoms with E-state index in [1.54, 1.807) is 19.9 Å². The van der Waals surface area contributed by atoms with Crippen molar-refractivity contribution in [3.05, 3.63) is 46.2 Å². The molecule has 0 radical (unpaired) electrons. The predicted molar refractivity (Wildman–Crippen MR) is 136 cm³/mol. The molecule has 3 heterocycles. The van der Waals surface area contributed by atoms with Gasteiger partial charge in [-0.05, 0) is 50.5 Å². The fourth-order valence-corrected chi connectivity index (χ4v) is 4.59. The van der Waals surface area contributed by atoms with Crippen LogP contribution in [0.25, 0.3) is 32.4 Å². The number of hydrogen-bond acceptors (Lipinski definition) is 7. The van der Waals surface area contributed by atoms with Crippen LogP contribution in [0, 0.1) is 11.8 Å². The number of primary amides is 1. The molecule has 5 N–H and O–H groups in total. The Morgan fingerprint density at radius 3 is 2.67 bits per heavy atom. The summed E-state index contributed by atoms with van der Waals surface area (Å²) in [5.74, 6) is 5.62. The zero-order valence-corrected chi connectivity index (χ0v) is 20.1. The highest BCUT2D eigenvalue weighted by atomic mass is 35.5. The zero-order valence-electron chi connectivity index (χ0n) is 18.5. The highest BCUT2D eigenvalue weighted by Crippen LogP contribution is 2.40. The average molecular weight is 479 g/mol. The molecule has 0 spiro atoms. The number of thiophene rings is 1. The summed E-state index contributed by atoms with van der Waals surface area (Å²) < 4.78 is 0.969. The first-order valence-corrected chi connectivity index (χ1v) is 11.6. The molecule has 7 nitrogen and oxygen atoms in total. The number of fused-ring (bicyclic) bond motifs is 3. The SMILES string of the molecule is CCCNc1c(C(N)=O)sc2ccc3nc(-c4cc(Cl)nc(C#CC(C)(C)N)n4)ccc3c12. The topological polar surface area (TPSA) is 120 Å². The van der Waals surface area contributed by atoms with E-state index in [2.05, 4.69) is 34.0 Å². The number of halogens is 1. The summed E-state index contributed by atoms with van der Waals surface area (Å²) in [5, 5.41) is 5.50. The molecular formula is C24H23ClN6OS. The van der Waals surface area contributed by atoms with Crippen LogP contribution in [0.4, 0.5) is 5.69 Å². The maximum Gasteiger partial charge on any atom is 0.260 e. The lowest BCUT2D eigenvalue weighted by Crippen LogP contribution is -2.29. The third kappa shape index (κ3) is 4.91. The average Bonchev–Trinajstić information content (AvgIpc) is 3.14. The lowest BCUT2D eigenvalue weighted by molar-refractivity contribution is 0.100. The summed E-state index contributed by atoms with van der Waals surface area (Å²) in [5.41, 5.74) is 13.6. The van der Waals surface area contributed by atoms with Gasteiger partial charge in [-0.2, -0.15) is 0 Å². The molecule has 168 valence electrons. The van der Waals surface area contributed by atoms with Gasteiger partial charge in [0.25, 0.3) is 5.91 Å². The van der Waals surface area contributed by atoms with Crippen LogP contribution in [0.1, 0.15) is 42.7 Å². The Hall–Kier alpha value is -3.25. The monoisotopic (exact) mass is 478 g/mol. The van der Waals surface area contributed by atoms with Crippen molar-refractivity contribution in [3.8, 4) is 23.2 Å². The van der Waals surface area contributed by atoms with Gasteiger partial charge in [-0.25, -0.2) is 15.0 Å². The minimum absolute atomic E-state index is 0.270. The summed E-state index contributed by atoms with van der Waals surface area (Å²) in [4.78, 5) is 26.0. The van der Waals surface area contributed by atoms with Gasteiger partial charge < -0.3 is 16.8 Å². The predicted octanol–water partition coefficient (Wildman–Crippen LogP) is 4.57. The van der Waals surface area contributed by atoms with Crippen molar-refractivity contribution in [1.82, 2.24) is 15.0 Å². The Labute approximate surface area is 200 Å². The molecule has 0 fully saturated rings. The Morgan fingerprint density at radius 2 is 1.97 bits per heavy atom. The highest BCUT2D eigenvalue weighted by Gasteiger charge is 2.19. The number of benzene rings is 1. The number of hydrogen-bond donors (Lipinski definition) is 3. The highest BCUT2D eigenvalue weighted by molar-refractivity contribution is 7.21. The number of carbonyl (C=O) groups excluding carboxylic acids is 1. The molecule has 33 heavy (non-hydrogen) atoms. The molecule has 9 heteroatoms. The van der Waals surface area contributed by atoms with Crippen molar-refractivity contribution < 1.29 is 4.79 Å². The lowest BCUT2D eigenvalue weighted by Gasteiger charge is -2.09. The van der Waals surface area contributed by atoms with Gasteiger partial charge in [-0.1, -0.05) is 24.4 Å². The number of nitrogens with zero attached hydrogens (tertiary/aromatic N) is 3. The first kappa shape index (κ1) is 22.9. The van der Waals surface area contributed by atoms with E-state index in [0.29, 0.717) is 16.3 Å². The second-order valence-electron chi connectivity index (χ2n) is 8.17. The van der Waals surface area contributed by atoms with E-state index in [0.717, 1.165) is 39.6 Å². The molecule has 0 aliphatic rings. The van der Waals surface area contributed by atoms with E-state index in [1.807, 2.05) is 24.3 Å². The van der Waals surface area contributed by atoms with Gasteiger partial charge in [0.2, 0.25) is 5.82 Å². The van der Waals surface area contributed by atoms with Crippen LogP contribution in [-0.4, -0.2) is 32.9 Å². The Bertz CT molecular complexity index is 1440. The van der Waals surface area contributed by atoms with Crippen LogP contribution in [0.3, 0.4) is 0 Å². The van der Waals surface area contributed by atoms with Gasteiger partial charge in [-0.15, -0.1) is 11.3 Å². The number of rotatable bonds is 5. The fourth-order valence-electron chi connectivity index (χ4n) is 3.36. The van der Waals surface area contributed by atoms with E-state index in [4.69, 9.17) is 28.1 Å². The number of carbonyl (C=O) groups is 1. The summed E-state index contributed by atoms with van der Waals surface area (Å²) in [6, 6.07) is 9.37. The second-order valence-corrected chi connectivity index (χ2v) is 9.61. The van der Waals surface area contributed by atoms with Crippen LogP contribution in [0.2, 0.25) is 5.15 Å². The van der Waals surface area contributed by atoms with E-state index < -0.39 is 11.4 Å². The number of nitrogens with one attached hydrogen (secondary N) is 1. The number of pyridine rings is 1. The minimum atomic E-state index is -0.674. The Balaban J connectivity index is 1.85. The number of nitrogens with two attached hydrogens (primary N) is 2. The minimum Gasteiger partial charge on any atom is -0.383 e. The molecule has 4 aromatic rings. The number of amides is 1. The quantitative estimate of drug-likeness (QED) is 0.285. The molecule has 1 amide bonds. The molecule has 0 atom stereocenters. The Kier molecular flexibility index (Phi) is 6.21. The van der Waals surface area contributed by atoms with E-state index in [-0.39, 0.29) is 11.0 Å².